The molecule has 2 aromatic rings. The number of aromatic nitrogens is 1. The Hall–Kier alpha value is -2.89. The minimum Gasteiger partial charge on any atom is -0.493 e. The number of benzene rings is 1. The molecule has 6 heteroatoms. The molecule has 1 N–H and O–H groups in total. The Balaban J connectivity index is 1.34. The molecule has 0 radical (unpaired) electrons. The molecule has 2 amide bonds. The molecule has 0 bridgehead atoms. The molecule has 6 nitrogen and oxygen atoms in total. The number of nitrogens with zero attached hydrogens (tertiary/aromatic N) is 2. The van der Waals surface area contributed by atoms with Gasteiger partial charge in [0.2, 0.25) is 5.91 Å². The van der Waals surface area contributed by atoms with Crippen LogP contribution in [0, 0.1) is 6.92 Å². The van der Waals surface area contributed by atoms with E-state index in [0.717, 1.165) is 24.2 Å². The molecule has 3 rings (SSSR count). The Labute approximate surface area is 165 Å². The molecule has 28 heavy (non-hydrogen) atoms. The van der Waals surface area contributed by atoms with Crippen LogP contribution in [-0.2, 0) is 4.79 Å². The minimum absolute atomic E-state index is 0.00577. The summed E-state index contributed by atoms with van der Waals surface area (Å²) in [6.45, 7) is 3.83. The van der Waals surface area contributed by atoms with Crippen molar-refractivity contribution in [3.8, 4) is 5.75 Å². The van der Waals surface area contributed by atoms with Crippen LogP contribution in [0.4, 0.5) is 0 Å². The SMILES string of the molecule is Cc1ccccc1OCCCC(=O)NC1CCN(C(=O)c2cccnc2)CC1. The van der Waals surface area contributed by atoms with Gasteiger partial charge in [0.05, 0.1) is 12.2 Å². The number of hydrogen-bond acceptors (Lipinski definition) is 4. The van der Waals surface area contributed by atoms with E-state index in [9.17, 15) is 9.59 Å². The highest BCUT2D eigenvalue weighted by Crippen LogP contribution is 2.17. The van der Waals surface area contributed by atoms with E-state index in [1.54, 1.807) is 24.5 Å². The minimum atomic E-state index is 0.00577. The molecule has 1 fully saturated rings. The van der Waals surface area contributed by atoms with Gasteiger partial charge in [-0.2, -0.15) is 0 Å². The number of rotatable bonds is 7. The summed E-state index contributed by atoms with van der Waals surface area (Å²) >= 11 is 0. The van der Waals surface area contributed by atoms with Crippen molar-refractivity contribution >= 4 is 11.8 Å². The molecule has 1 saturated heterocycles. The fourth-order valence-corrected chi connectivity index (χ4v) is 3.33. The van der Waals surface area contributed by atoms with Gasteiger partial charge in [-0.3, -0.25) is 14.6 Å². The zero-order valence-electron chi connectivity index (χ0n) is 16.3. The number of likely N-dealkylation sites (tertiary alicyclic amines) is 1. The number of ether oxygens (including phenoxy) is 1. The normalized spacial score (nSPS) is 14.5. The molecule has 0 saturated carbocycles. The highest BCUT2D eigenvalue weighted by Gasteiger charge is 2.24. The van der Waals surface area contributed by atoms with E-state index in [1.807, 2.05) is 36.1 Å². The zero-order valence-corrected chi connectivity index (χ0v) is 16.3. The first-order chi connectivity index (χ1) is 13.6. The summed E-state index contributed by atoms with van der Waals surface area (Å²) in [4.78, 5) is 30.4. The van der Waals surface area contributed by atoms with Crippen molar-refractivity contribution in [3.63, 3.8) is 0 Å². The lowest BCUT2D eigenvalue weighted by Gasteiger charge is -2.32. The fraction of sp³-hybridized carbons (Fsp3) is 0.409. The van der Waals surface area contributed by atoms with Crippen molar-refractivity contribution < 1.29 is 14.3 Å². The summed E-state index contributed by atoms with van der Waals surface area (Å²) in [5.74, 6) is 0.921. The van der Waals surface area contributed by atoms with E-state index in [0.29, 0.717) is 38.1 Å². The van der Waals surface area contributed by atoms with Crippen LogP contribution in [0.15, 0.2) is 48.8 Å². The second-order valence-corrected chi connectivity index (χ2v) is 7.09. The molecule has 1 aromatic heterocycles. The van der Waals surface area contributed by atoms with Crippen molar-refractivity contribution in [2.24, 2.45) is 0 Å². The topological polar surface area (TPSA) is 71.5 Å². The Morgan fingerprint density at radius 3 is 2.68 bits per heavy atom. The maximum Gasteiger partial charge on any atom is 0.255 e. The molecule has 0 unspecified atom stereocenters. The van der Waals surface area contributed by atoms with Crippen LogP contribution in [0.25, 0.3) is 0 Å². The van der Waals surface area contributed by atoms with Crippen molar-refractivity contribution in [1.29, 1.82) is 0 Å². The quantitative estimate of drug-likeness (QED) is 0.749. The van der Waals surface area contributed by atoms with Crippen LogP contribution in [0.5, 0.6) is 5.75 Å². The molecule has 2 heterocycles. The van der Waals surface area contributed by atoms with Gasteiger partial charge in [-0.25, -0.2) is 0 Å². The van der Waals surface area contributed by atoms with Crippen molar-refractivity contribution in [3.05, 3.63) is 59.9 Å². The van der Waals surface area contributed by atoms with Gasteiger partial charge >= 0.3 is 0 Å². The first-order valence-electron chi connectivity index (χ1n) is 9.80. The number of para-hydroxylation sites is 1. The van der Waals surface area contributed by atoms with E-state index in [4.69, 9.17) is 4.74 Å². The Bertz CT molecular complexity index is 787. The maximum atomic E-state index is 12.4. The van der Waals surface area contributed by atoms with Gasteiger partial charge in [0.1, 0.15) is 5.75 Å². The van der Waals surface area contributed by atoms with E-state index < -0.39 is 0 Å². The van der Waals surface area contributed by atoms with Gasteiger partial charge in [-0.05, 0) is 49.9 Å². The fourth-order valence-electron chi connectivity index (χ4n) is 3.33. The Kier molecular flexibility index (Phi) is 7.00. The lowest BCUT2D eigenvalue weighted by atomic mass is 10.0. The average Bonchev–Trinajstić information content (AvgIpc) is 2.73. The molecule has 1 aliphatic heterocycles. The number of nitrogens with one attached hydrogen (secondary N) is 1. The van der Waals surface area contributed by atoms with E-state index in [1.165, 1.54) is 0 Å². The highest BCUT2D eigenvalue weighted by molar-refractivity contribution is 5.93. The Morgan fingerprint density at radius 1 is 1.18 bits per heavy atom. The third-order valence-corrected chi connectivity index (χ3v) is 4.96. The van der Waals surface area contributed by atoms with Crippen molar-refractivity contribution in [2.75, 3.05) is 19.7 Å². The second kappa shape index (κ2) is 9.88. The first-order valence-corrected chi connectivity index (χ1v) is 9.80. The average molecular weight is 381 g/mol. The van der Waals surface area contributed by atoms with Crippen LogP contribution < -0.4 is 10.1 Å². The van der Waals surface area contributed by atoms with Crippen molar-refractivity contribution in [1.82, 2.24) is 15.2 Å². The summed E-state index contributed by atoms with van der Waals surface area (Å²) in [5, 5.41) is 3.08. The van der Waals surface area contributed by atoms with Gasteiger partial charge < -0.3 is 15.0 Å². The molecule has 148 valence electrons. The molecule has 1 aromatic carbocycles. The number of carbonyl (C=O) groups excluding carboxylic acids is 2. The molecule has 0 atom stereocenters. The van der Waals surface area contributed by atoms with Gasteiger partial charge in [0.15, 0.2) is 0 Å². The van der Waals surface area contributed by atoms with Crippen LogP contribution in [0.3, 0.4) is 0 Å². The molecular weight excluding hydrogens is 354 g/mol. The standard InChI is InChI=1S/C22H27N3O3/c1-17-6-2-3-8-20(17)28-15-5-9-21(26)24-19-10-13-25(14-11-19)22(27)18-7-4-12-23-16-18/h2-4,6-8,12,16,19H,5,9-11,13-15H2,1H3,(H,24,26). The zero-order chi connectivity index (χ0) is 19.8. The Morgan fingerprint density at radius 2 is 1.96 bits per heavy atom. The predicted molar refractivity (Wildman–Crippen MR) is 107 cm³/mol. The summed E-state index contributed by atoms with van der Waals surface area (Å²) in [6, 6.07) is 11.5. The number of hydrogen-bond donors (Lipinski definition) is 1. The van der Waals surface area contributed by atoms with E-state index in [-0.39, 0.29) is 17.9 Å². The van der Waals surface area contributed by atoms with Crippen LogP contribution >= 0.6 is 0 Å². The predicted octanol–water partition coefficient (Wildman–Crippen LogP) is 2.97. The van der Waals surface area contributed by atoms with Crippen LogP contribution in [-0.4, -0.2) is 47.4 Å². The van der Waals surface area contributed by atoms with Gasteiger partial charge in [0.25, 0.3) is 5.91 Å². The van der Waals surface area contributed by atoms with Gasteiger partial charge in [0, 0.05) is 37.9 Å². The third kappa shape index (κ3) is 5.55. The number of pyridine rings is 1. The third-order valence-electron chi connectivity index (χ3n) is 4.96. The van der Waals surface area contributed by atoms with Crippen LogP contribution in [0.1, 0.15) is 41.6 Å². The van der Waals surface area contributed by atoms with Gasteiger partial charge in [-0.15, -0.1) is 0 Å². The lowest BCUT2D eigenvalue weighted by molar-refractivity contribution is -0.122. The lowest BCUT2D eigenvalue weighted by Crippen LogP contribution is -2.46. The number of piperidine rings is 1. The molecule has 1 aliphatic rings. The number of aryl methyl sites for hydroxylation is 1. The number of carbonyl (C=O) groups is 2. The highest BCUT2D eigenvalue weighted by atomic mass is 16.5. The van der Waals surface area contributed by atoms with E-state index in [2.05, 4.69) is 10.3 Å². The largest absolute Gasteiger partial charge is 0.493 e. The summed E-state index contributed by atoms with van der Waals surface area (Å²) in [7, 11) is 0. The first kappa shape index (κ1) is 19.9. The molecule has 0 spiro atoms. The summed E-state index contributed by atoms with van der Waals surface area (Å²) < 4.78 is 5.73. The second-order valence-electron chi connectivity index (χ2n) is 7.09. The van der Waals surface area contributed by atoms with Crippen LogP contribution in [0.2, 0.25) is 0 Å². The monoisotopic (exact) mass is 381 g/mol. The van der Waals surface area contributed by atoms with E-state index >= 15 is 0 Å². The van der Waals surface area contributed by atoms with Gasteiger partial charge in [-0.1, -0.05) is 18.2 Å². The number of amides is 2. The smallest absolute Gasteiger partial charge is 0.255 e. The summed E-state index contributed by atoms with van der Waals surface area (Å²) in [5.41, 5.74) is 1.71. The molecule has 0 aliphatic carbocycles. The van der Waals surface area contributed by atoms with Crippen molar-refractivity contribution in [2.45, 2.75) is 38.6 Å². The maximum absolute atomic E-state index is 12.4. The summed E-state index contributed by atoms with van der Waals surface area (Å²) in [6.07, 6.45) is 5.92. The molecular formula is C22H27N3O3.